The zero-order valence-corrected chi connectivity index (χ0v) is 21.8. The van der Waals surface area contributed by atoms with Crippen LogP contribution in [0.5, 0.6) is 0 Å². The summed E-state index contributed by atoms with van der Waals surface area (Å²) in [7, 11) is 0. The van der Waals surface area contributed by atoms with E-state index in [0.717, 1.165) is 55.9 Å². The second kappa shape index (κ2) is 9.47. The van der Waals surface area contributed by atoms with Gasteiger partial charge in [0.1, 0.15) is 0 Å². The van der Waals surface area contributed by atoms with Gasteiger partial charge in [0.15, 0.2) is 5.82 Å². The van der Waals surface area contributed by atoms with Crippen LogP contribution in [0.25, 0.3) is 59.8 Å². The summed E-state index contributed by atoms with van der Waals surface area (Å²) in [6.45, 7) is 2.27. The van der Waals surface area contributed by atoms with Crippen LogP contribution in [0.15, 0.2) is 115 Å². The fourth-order valence-electron chi connectivity index (χ4n) is 5.15. The molecule has 1 atom stereocenters. The van der Waals surface area contributed by atoms with E-state index in [-0.39, 0.29) is 0 Å². The first-order valence-corrected chi connectivity index (χ1v) is 13.8. The van der Waals surface area contributed by atoms with Crippen LogP contribution in [0, 0.1) is 5.92 Å². The molecule has 3 nitrogen and oxygen atoms in total. The number of hydrogen-bond acceptors (Lipinski definition) is 4. The van der Waals surface area contributed by atoms with Gasteiger partial charge in [0.25, 0.3) is 0 Å². The first-order valence-electron chi connectivity index (χ1n) is 12.9. The second-order valence-corrected chi connectivity index (χ2v) is 10.8. The molecule has 0 radical (unpaired) electrons. The Morgan fingerprint density at radius 1 is 0.737 bits per heavy atom. The minimum atomic E-state index is 0.566. The highest BCUT2D eigenvalue weighted by Gasteiger charge is 2.19. The van der Waals surface area contributed by atoms with E-state index in [9.17, 15) is 0 Å². The maximum absolute atomic E-state index is 5.15. The van der Waals surface area contributed by atoms with Crippen LogP contribution in [-0.2, 0) is 0 Å². The molecular formula is C34H25N3S. The molecule has 0 fully saturated rings. The molecule has 6 aromatic rings. The Morgan fingerprint density at radius 3 is 2.34 bits per heavy atom. The molecule has 0 aliphatic heterocycles. The van der Waals surface area contributed by atoms with Crippen molar-refractivity contribution in [1.29, 1.82) is 0 Å². The number of thiophene rings is 1. The monoisotopic (exact) mass is 507 g/mol. The molecule has 1 aliphatic rings. The molecule has 0 bridgehead atoms. The van der Waals surface area contributed by atoms with Crippen molar-refractivity contribution in [3.05, 3.63) is 121 Å². The van der Waals surface area contributed by atoms with Crippen molar-refractivity contribution in [3.63, 3.8) is 0 Å². The standard InChI is InChI=1S/C34H25N3S/c1-22-9-7-12-26(21-22)23-16-18-24(19-17-23)30-33-31(37-34(36-30)25-10-3-2-4-11-25)28-14-8-13-27(32(28)38-33)29-15-5-6-20-35-29/h2-8,10-22H,9H2,1H3. The molecule has 1 unspecified atom stereocenters. The molecule has 0 saturated heterocycles. The van der Waals surface area contributed by atoms with E-state index >= 15 is 0 Å². The zero-order chi connectivity index (χ0) is 25.5. The number of rotatable bonds is 4. The maximum atomic E-state index is 5.15. The predicted octanol–water partition coefficient (Wildman–Crippen LogP) is 9.22. The lowest BCUT2D eigenvalue weighted by Gasteiger charge is -2.13. The van der Waals surface area contributed by atoms with Crippen LogP contribution >= 0.6 is 11.3 Å². The van der Waals surface area contributed by atoms with Crippen LogP contribution < -0.4 is 0 Å². The lowest BCUT2D eigenvalue weighted by atomic mass is 9.93. The quantitative estimate of drug-likeness (QED) is 0.239. The molecule has 38 heavy (non-hydrogen) atoms. The molecule has 3 heterocycles. The SMILES string of the molecule is CC1C=C(c2ccc(-c3nc(-c4ccccc4)nc4c3sc3c(-c5ccccn5)cccc34)cc2)C=CC1. The molecule has 0 saturated carbocycles. The molecule has 3 aromatic carbocycles. The Labute approximate surface area is 225 Å². The number of pyridine rings is 1. The molecule has 0 N–H and O–H groups in total. The van der Waals surface area contributed by atoms with Gasteiger partial charge in [-0.3, -0.25) is 4.98 Å². The second-order valence-electron chi connectivity index (χ2n) is 9.75. The van der Waals surface area contributed by atoms with Gasteiger partial charge in [-0.15, -0.1) is 11.3 Å². The molecular weight excluding hydrogens is 482 g/mol. The molecule has 7 rings (SSSR count). The number of nitrogens with zero attached hydrogens (tertiary/aromatic N) is 3. The third-order valence-electron chi connectivity index (χ3n) is 7.07. The van der Waals surface area contributed by atoms with Gasteiger partial charge in [0.2, 0.25) is 0 Å². The van der Waals surface area contributed by atoms with E-state index in [2.05, 4.69) is 90.8 Å². The van der Waals surface area contributed by atoms with Crippen molar-refractivity contribution in [2.24, 2.45) is 5.92 Å². The van der Waals surface area contributed by atoms with Crippen molar-refractivity contribution in [3.8, 4) is 33.9 Å². The van der Waals surface area contributed by atoms with Crippen LogP contribution in [0.2, 0.25) is 0 Å². The van der Waals surface area contributed by atoms with Crippen LogP contribution in [0.4, 0.5) is 0 Å². The van der Waals surface area contributed by atoms with E-state index < -0.39 is 0 Å². The van der Waals surface area contributed by atoms with E-state index in [1.807, 2.05) is 36.5 Å². The maximum Gasteiger partial charge on any atom is 0.160 e. The number of benzene rings is 3. The van der Waals surface area contributed by atoms with E-state index in [4.69, 9.17) is 9.97 Å². The zero-order valence-electron chi connectivity index (χ0n) is 21.0. The Hall–Kier alpha value is -4.41. The van der Waals surface area contributed by atoms with Gasteiger partial charge in [-0.25, -0.2) is 9.97 Å². The Morgan fingerprint density at radius 2 is 1.55 bits per heavy atom. The highest BCUT2D eigenvalue weighted by atomic mass is 32.1. The first-order chi connectivity index (χ1) is 18.7. The Bertz CT molecular complexity index is 1830. The molecule has 182 valence electrons. The summed E-state index contributed by atoms with van der Waals surface area (Å²) in [4.78, 5) is 14.9. The third kappa shape index (κ3) is 4.04. The van der Waals surface area contributed by atoms with Gasteiger partial charge in [0.05, 0.1) is 21.6 Å². The van der Waals surface area contributed by atoms with Crippen molar-refractivity contribution < 1.29 is 0 Å². The fraction of sp³-hybridized carbons (Fsp3) is 0.0882. The van der Waals surface area contributed by atoms with Crippen molar-refractivity contribution in [1.82, 2.24) is 15.0 Å². The van der Waals surface area contributed by atoms with Crippen LogP contribution in [-0.4, -0.2) is 15.0 Å². The highest BCUT2D eigenvalue weighted by molar-refractivity contribution is 7.26. The summed E-state index contributed by atoms with van der Waals surface area (Å²) in [5.74, 6) is 1.31. The average Bonchev–Trinajstić information content (AvgIpc) is 3.37. The lowest BCUT2D eigenvalue weighted by Crippen LogP contribution is -1.96. The van der Waals surface area contributed by atoms with Crippen molar-refractivity contribution in [2.75, 3.05) is 0 Å². The van der Waals surface area contributed by atoms with E-state index in [1.165, 1.54) is 15.8 Å². The van der Waals surface area contributed by atoms with Gasteiger partial charge in [-0.2, -0.15) is 0 Å². The van der Waals surface area contributed by atoms with Gasteiger partial charge in [0, 0.05) is 33.0 Å². The van der Waals surface area contributed by atoms with E-state index in [1.54, 1.807) is 11.3 Å². The number of hydrogen-bond donors (Lipinski definition) is 0. The largest absolute Gasteiger partial charge is 0.256 e. The van der Waals surface area contributed by atoms with Gasteiger partial charge in [-0.1, -0.05) is 104 Å². The average molecular weight is 508 g/mol. The molecule has 0 amide bonds. The summed E-state index contributed by atoms with van der Waals surface area (Å²) in [6.07, 6.45) is 9.81. The normalized spacial score (nSPS) is 15.2. The summed E-state index contributed by atoms with van der Waals surface area (Å²) >= 11 is 1.75. The number of allylic oxidation sites excluding steroid dienone is 4. The highest BCUT2D eigenvalue weighted by Crippen LogP contribution is 2.43. The number of fused-ring (bicyclic) bond motifs is 3. The summed E-state index contributed by atoms with van der Waals surface area (Å²) in [5, 5.41) is 1.14. The number of aromatic nitrogens is 3. The summed E-state index contributed by atoms with van der Waals surface area (Å²) in [5.41, 5.74) is 8.68. The smallest absolute Gasteiger partial charge is 0.160 e. The third-order valence-corrected chi connectivity index (χ3v) is 8.31. The van der Waals surface area contributed by atoms with Gasteiger partial charge >= 0.3 is 0 Å². The summed E-state index contributed by atoms with van der Waals surface area (Å²) < 4.78 is 2.28. The van der Waals surface area contributed by atoms with E-state index in [0.29, 0.717) is 5.92 Å². The van der Waals surface area contributed by atoms with Crippen LogP contribution in [0.1, 0.15) is 18.9 Å². The van der Waals surface area contributed by atoms with Crippen LogP contribution in [0.3, 0.4) is 0 Å². The Balaban J connectivity index is 1.45. The fourth-order valence-corrected chi connectivity index (χ4v) is 6.43. The predicted molar refractivity (Wildman–Crippen MR) is 160 cm³/mol. The van der Waals surface area contributed by atoms with Gasteiger partial charge in [-0.05, 0) is 35.6 Å². The molecule has 1 aliphatic carbocycles. The minimum Gasteiger partial charge on any atom is -0.256 e. The van der Waals surface area contributed by atoms with Gasteiger partial charge < -0.3 is 0 Å². The molecule has 3 aromatic heterocycles. The summed E-state index contributed by atoms with van der Waals surface area (Å²) in [6, 6.07) is 31.5. The Kier molecular flexibility index (Phi) is 5.67. The molecule has 4 heteroatoms. The van der Waals surface area contributed by atoms with Crippen molar-refractivity contribution >= 4 is 37.2 Å². The lowest BCUT2D eigenvalue weighted by molar-refractivity contribution is 0.740. The molecule has 0 spiro atoms. The first kappa shape index (κ1) is 22.8. The van der Waals surface area contributed by atoms with Crippen molar-refractivity contribution in [2.45, 2.75) is 13.3 Å². The minimum absolute atomic E-state index is 0.566. The topological polar surface area (TPSA) is 38.7 Å².